The highest BCUT2D eigenvalue weighted by atomic mass is 16.5. The topological polar surface area (TPSA) is 91.4 Å². The summed E-state index contributed by atoms with van der Waals surface area (Å²) in [5, 5.41) is 12.0. The van der Waals surface area contributed by atoms with E-state index in [2.05, 4.69) is 10.3 Å². The van der Waals surface area contributed by atoms with Crippen molar-refractivity contribution < 1.29 is 19.4 Å². The Morgan fingerprint density at radius 3 is 2.68 bits per heavy atom. The summed E-state index contributed by atoms with van der Waals surface area (Å²) >= 11 is 0. The van der Waals surface area contributed by atoms with Gasteiger partial charge in [0.25, 0.3) is 5.91 Å². The number of H-pyrrole nitrogens is 1. The standard InChI is InChI=1S/C16H18N2O4/c1-22-14-7-3-2-5-11(14)9-12(16(20)21)10-18-15(19)13-6-4-8-17-13/h2-8,12,17H,9-10H2,1H3,(H,18,19)(H,20,21). The van der Waals surface area contributed by atoms with Gasteiger partial charge in [-0.2, -0.15) is 0 Å². The van der Waals surface area contributed by atoms with Crippen LogP contribution in [0, 0.1) is 5.92 Å². The van der Waals surface area contributed by atoms with Gasteiger partial charge in [-0.1, -0.05) is 18.2 Å². The molecule has 1 atom stereocenters. The van der Waals surface area contributed by atoms with Gasteiger partial charge in [-0.15, -0.1) is 0 Å². The van der Waals surface area contributed by atoms with Gasteiger partial charge in [0.2, 0.25) is 0 Å². The van der Waals surface area contributed by atoms with E-state index in [1.807, 2.05) is 18.2 Å². The second-order valence-electron chi connectivity index (χ2n) is 4.84. The van der Waals surface area contributed by atoms with Crippen LogP contribution in [0.25, 0.3) is 0 Å². The monoisotopic (exact) mass is 302 g/mol. The zero-order chi connectivity index (χ0) is 15.9. The molecule has 2 rings (SSSR count). The maximum atomic E-state index is 11.8. The van der Waals surface area contributed by atoms with E-state index >= 15 is 0 Å². The minimum Gasteiger partial charge on any atom is -0.496 e. The maximum Gasteiger partial charge on any atom is 0.308 e. The number of para-hydroxylation sites is 1. The van der Waals surface area contributed by atoms with Gasteiger partial charge in [0.05, 0.1) is 13.0 Å². The van der Waals surface area contributed by atoms with E-state index in [0.717, 1.165) is 5.56 Å². The molecule has 2 aromatic rings. The summed E-state index contributed by atoms with van der Waals surface area (Å²) in [7, 11) is 1.54. The molecule has 6 heteroatoms. The summed E-state index contributed by atoms with van der Waals surface area (Å²) in [6, 6.07) is 10.6. The number of aromatic amines is 1. The number of aliphatic carboxylic acids is 1. The lowest BCUT2D eigenvalue weighted by atomic mass is 9.98. The molecule has 6 nitrogen and oxygen atoms in total. The number of aromatic nitrogens is 1. The molecular weight excluding hydrogens is 284 g/mol. The summed E-state index contributed by atoms with van der Waals surface area (Å²) < 4.78 is 5.23. The molecular formula is C16H18N2O4. The van der Waals surface area contributed by atoms with Crippen molar-refractivity contribution in [2.45, 2.75) is 6.42 Å². The van der Waals surface area contributed by atoms with Crippen molar-refractivity contribution in [2.75, 3.05) is 13.7 Å². The molecule has 22 heavy (non-hydrogen) atoms. The summed E-state index contributed by atoms with van der Waals surface area (Å²) in [5.41, 5.74) is 1.20. The second-order valence-corrected chi connectivity index (χ2v) is 4.84. The zero-order valence-electron chi connectivity index (χ0n) is 12.2. The first-order chi connectivity index (χ1) is 10.6. The number of carbonyl (C=O) groups is 2. The van der Waals surface area contributed by atoms with Crippen LogP contribution in [0.5, 0.6) is 5.75 Å². The average molecular weight is 302 g/mol. The van der Waals surface area contributed by atoms with Crippen LogP contribution < -0.4 is 10.1 Å². The molecule has 0 bridgehead atoms. The lowest BCUT2D eigenvalue weighted by Crippen LogP contribution is -2.34. The average Bonchev–Trinajstić information content (AvgIpc) is 3.05. The molecule has 0 fully saturated rings. The Balaban J connectivity index is 2.01. The lowest BCUT2D eigenvalue weighted by Gasteiger charge is -2.15. The first-order valence-electron chi connectivity index (χ1n) is 6.88. The van der Waals surface area contributed by atoms with Crippen LogP contribution in [0.1, 0.15) is 16.1 Å². The lowest BCUT2D eigenvalue weighted by molar-refractivity contribution is -0.141. The molecule has 1 aromatic heterocycles. The number of carbonyl (C=O) groups excluding carboxylic acids is 1. The van der Waals surface area contributed by atoms with Crippen molar-refractivity contribution in [3.05, 3.63) is 53.9 Å². The summed E-state index contributed by atoms with van der Waals surface area (Å²) in [6.07, 6.45) is 1.92. The first kappa shape index (κ1) is 15.6. The highest BCUT2D eigenvalue weighted by molar-refractivity contribution is 5.92. The number of hydrogen-bond donors (Lipinski definition) is 3. The van der Waals surface area contributed by atoms with Crippen LogP contribution in [-0.4, -0.2) is 35.6 Å². The van der Waals surface area contributed by atoms with E-state index in [1.165, 1.54) is 0 Å². The summed E-state index contributed by atoms with van der Waals surface area (Å²) in [6.45, 7) is 0.0469. The fourth-order valence-corrected chi connectivity index (χ4v) is 2.17. The van der Waals surface area contributed by atoms with E-state index in [4.69, 9.17) is 4.74 Å². The highest BCUT2D eigenvalue weighted by Gasteiger charge is 2.21. The zero-order valence-corrected chi connectivity index (χ0v) is 12.2. The molecule has 116 valence electrons. The molecule has 3 N–H and O–H groups in total. The van der Waals surface area contributed by atoms with Gasteiger partial charge in [0.15, 0.2) is 0 Å². The fraction of sp³-hybridized carbons (Fsp3) is 0.250. The molecule has 0 saturated heterocycles. The molecule has 0 radical (unpaired) electrons. The van der Waals surface area contributed by atoms with Crippen molar-refractivity contribution in [1.82, 2.24) is 10.3 Å². The van der Waals surface area contributed by atoms with Gasteiger partial charge >= 0.3 is 5.97 Å². The fourth-order valence-electron chi connectivity index (χ4n) is 2.17. The third-order valence-corrected chi connectivity index (χ3v) is 3.36. The van der Waals surface area contributed by atoms with Gasteiger partial charge < -0.3 is 20.1 Å². The molecule has 0 aliphatic rings. The van der Waals surface area contributed by atoms with Gasteiger partial charge in [0.1, 0.15) is 11.4 Å². The SMILES string of the molecule is COc1ccccc1CC(CNC(=O)c1ccc[nH]1)C(=O)O. The van der Waals surface area contributed by atoms with Crippen LogP contribution in [0.4, 0.5) is 0 Å². The van der Waals surface area contributed by atoms with E-state index in [1.54, 1.807) is 31.5 Å². The van der Waals surface area contributed by atoms with Crippen LogP contribution in [0.3, 0.4) is 0 Å². The number of hydrogen-bond acceptors (Lipinski definition) is 3. The van der Waals surface area contributed by atoms with Crippen LogP contribution in [0.2, 0.25) is 0 Å². The molecule has 0 aliphatic carbocycles. The van der Waals surface area contributed by atoms with Crippen LogP contribution >= 0.6 is 0 Å². The third kappa shape index (κ3) is 3.88. The van der Waals surface area contributed by atoms with Crippen molar-refractivity contribution in [2.24, 2.45) is 5.92 Å². The van der Waals surface area contributed by atoms with Crippen molar-refractivity contribution in [3.63, 3.8) is 0 Å². The van der Waals surface area contributed by atoms with E-state index in [-0.39, 0.29) is 18.9 Å². The van der Waals surface area contributed by atoms with Gasteiger partial charge in [-0.3, -0.25) is 9.59 Å². The quantitative estimate of drug-likeness (QED) is 0.726. The van der Waals surface area contributed by atoms with Crippen LogP contribution in [-0.2, 0) is 11.2 Å². The number of carboxylic acids is 1. The largest absolute Gasteiger partial charge is 0.496 e. The van der Waals surface area contributed by atoms with E-state index in [9.17, 15) is 14.7 Å². The Labute approximate surface area is 128 Å². The number of benzene rings is 1. The third-order valence-electron chi connectivity index (χ3n) is 3.36. The van der Waals surface area contributed by atoms with E-state index < -0.39 is 11.9 Å². The number of nitrogens with one attached hydrogen (secondary N) is 2. The van der Waals surface area contributed by atoms with Crippen molar-refractivity contribution in [3.8, 4) is 5.75 Å². The minimum atomic E-state index is -0.960. The Bertz CT molecular complexity index is 637. The van der Waals surface area contributed by atoms with Crippen molar-refractivity contribution >= 4 is 11.9 Å². The Morgan fingerprint density at radius 2 is 2.05 bits per heavy atom. The first-order valence-corrected chi connectivity index (χ1v) is 6.88. The number of methoxy groups -OCH3 is 1. The molecule has 1 aromatic carbocycles. The molecule has 1 unspecified atom stereocenters. The number of amides is 1. The Hall–Kier alpha value is -2.76. The maximum absolute atomic E-state index is 11.8. The van der Waals surface area contributed by atoms with Gasteiger partial charge in [-0.25, -0.2) is 0 Å². The van der Waals surface area contributed by atoms with Gasteiger partial charge in [0, 0.05) is 12.7 Å². The number of ether oxygens (including phenoxy) is 1. The minimum absolute atomic E-state index is 0.0469. The van der Waals surface area contributed by atoms with Crippen LogP contribution in [0.15, 0.2) is 42.6 Å². The Kier molecular flexibility index (Phi) is 5.19. The molecule has 0 spiro atoms. The van der Waals surface area contributed by atoms with E-state index in [0.29, 0.717) is 11.4 Å². The highest BCUT2D eigenvalue weighted by Crippen LogP contribution is 2.21. The predicted molar refractivity (Wildman–Crippen MR) is 80.9 cm³/mol. The molecule has 0 saturated carbocycles. The number of carboxylic acid groups (broad SMARTS) is 1. The van der Waals surface area contributed by atoms with Crippen molar-refractivity contribution in [1.29, 1.82) is 0 Å². The molecule has 1 amide bonds. The molecule has 1 heterocycles. The molecule has 0 aliphatic heterocycles. The number of rotatable bonds is 7. The predicted octanol–water partition coefficient (Wildman–Crippen LogP) is 1.70. The van der Waals surface area contributed by atoms with Gasteiger partial charge in [-0.05, 0) is 30.2 Å². The second kappa shape index (κ2) is 7.31. The summed E-state index contributed by atoms with van der Waals surface area (Å²) in [4.78, 5) is 26.0. The normalized spacial score (nSPS) is 11.7. The Morgan fingerprint density at radius 1 is 1.27 bits per heavy atom. The summed E-state index contributed by atoms with van der Waals surface area (Å²) in [5.74, 6) is -1.37. The smallest absolute Gasteiger partial charge is 0.308 e.